The minimum Gasteiger partial charge on any atom is -0.493 e. The maximum atomic E-state index is 13.2. The summed E-state index contributed by atoms with van der Waals surface area (Å²) in [7, 11) is 0. The molecule has 1 aromatic rings. The number of amides is 1. The third kappa shape index (κ3) is 3.59. The van der Waals surface area contributed by atoms with E-state index in [0.717, 1.165) is 24.8 Å². The number of carbonyl (C=O) groups excluding carboxylic acids is 1. The van der Waals surface area contributed by atoms with Gasteiger partial charge in [-0.25, -0.2) is 4.39 Å². The predicted molar refractivity (Wildman–Crippen MR) is 76.1 cm³/mol. The first kappa shape index (κ1) is 14.6. The Balaban J connectivity index is 1.79. The first-order valence-corrected chi connectivity index (χ1v) is 6.96. The molecular weight excluding hydrogens is 257 g/mol. The zero-order valence-corrected chi connectivity index (χ0v) is 11.7. The van der Waals surface area contributed by atoms with Crippen LogP contribution in [0.15, 0.2) is 30.9 Å². The molecule has 3 nitrogen and oxygen atoms in total. The van der Waals surface area contributed by atoms with Gasteiger partial charge < -0.3 is 10.1 Å². The molecule has 1 amide bonds. The van der Waals surface area contributed by atoms with Crippen LogP contribution in [-0.4, -0.2) is 18.6 Å². The molecule has 0 bridgehead atoms. The molecule has 4 heteroatoms. The Morgan fingerprint density at radius 1 is 1.55 bits per heavy atom. The first-order valence-electron chi connectivity index (χ1n) is 6.96. The second-order valence-electron chi connectivity index (χ2n) is 5.16. The summed E-state index contributed by atoms with van der Waals surface area (Å²) in [5.74, 6) is 0.638. The lowest BCUT2D eigenvalue weighted by Gasteiger charge is -2.35. The van der Waals surface area contributed by atoms with Crippen molar-refractivity contribution < 1.29 is 13.9 Å². The van der Waals surface area contributed by atoms with Crippen molar-refractivity contribution in [2.75, 3.05) is 6.61 Å². The molecule has 2 rings (SSSR count). The largest absolute Gasteiger partial charge is 0.493 e. The molecule has 0 radical (unpaired) electrons. The Morgan fingerprint density at radius 2 is 2.30 bits per heavy atom. The van der Waals surface area contributed by atoms with E-state index in [1.54, 1.807) is 6.07 Å². The van der Waals surface area contributed by atoms with Gasteiger partial charge in [0.1, 0.15) is 11.6 Å². The molecule has 0 heterocycles. The molecule has 1 saturated carbocycles. The molecule has 1 aliphatic rings. The summed E-state index contributed by atoms with van der Waals surface area (Å²) in [6.45, 7) is 6.01. The first-order chi connectivity index (χ1) is 9.62. The van der Waals surface area contributed by atoms with Gasteiger partial charge in [-0.3, -0.25) is 4.79 Å². The SMILES string of the molecule is C=CC(=O)NC1CC(COc2cc(F)ccc2CC)C1. The van der Waals surface area contributed by atoms with Crippen LogP contribution in [0.2, 0.25) is 0 Å². The molecule has 0 aliphatic heterocycles. The molecule has 0 saturated heterocycles. The van der Waals surface area contributed by atoms with E-state index in [2.05, 4.69) is 11.9 Å². The average Bonchev–Trinajstić information content (AvgIpc) is 2.41. The van der Waals surface area contributed by atoms with E-state index >= 15 is 0 Å². The number of carbonyl (C=O) groups is 1. The van der Waals surface area contributed by atoms with E-state index in [0.29, 0.717) is 18.3 Å². The minimum atomic E-state index is -0.276. The maximum absolute atomic E-state index is 13.2. The second kappa shape index (κ2) is 6.55. The van der Waals surface area contributed by atoms with E-state index in [1.165, 1.54) is 18.2 Å². The van der Waals surface area contributed by atoms with Gasteiger partial charge in [0.25, 0.3) is 0 Å². The highest BCUT2D eigenvalue weighted by molar-refractivity contribution is 5.87. The van der Waals surface area contributed by atoms with Crippen LogP contribution in [0.3, 0.4) is 0 Å². The Bertz CT molecular complexity index is 495. The Morgan fingerprint density at radius 3 is 2.95 bits per heavy atom. The quantitative estimate of drug-likeness (QED) is 0.812. The fraction of sp³-hybridized carbons (Fsp3) is 0.438. The summed E-state index contributed by atoms with van der Waals surface area (Å²) in [4.78, 5) is 11.1. The van der Waals surface area contributed by atoms with E-state index in [1.807, 2.05) is 6.92 Å². The van der Waals surface area contributed by atoms with Gasteiger partial charge in [-0.05, 0) is 42.9 Å². The van der Waals surface area contributed by atoms with E-state index in [9.17, 15) is 9.18 Å². The van der Waals surface area contributed by atoms with Crippen molar-refractivity contribution in [3.05, 3.63) is 42.2 Å². The molecule has 108 valence electrons. The smallest absolute Gasteiger partial charge is 0.243 e. The van der Waals surface area contributed by atoms with Crippen LogP contribution in [0, 0.1) is 11.7 Å². The zero-order chi connectivity index (χ0) is 14.5. The average molecular weight is 277 g/mol. The molecule has 0 atom stereocenters. The monoisotopic (exact) mass is 277 g/mol. The number of rotatable bonds is 6. The van der Waals surface area contributed by atoms with Crippen LogP contribution >= 0.6 is 0 Å². The van der Waals surface area contributed by atoms with Gasteiger partial charge >= 0.3 is 0 Å². The highest BCUT2D eigenvalue weighted by Crippen LogP contribution is 2.29. The lowest BCUT2D eigenvalue weighted by atomic mass is 9.81. The summed E-state index contributed by atoms with van der Waals surface area (Å²) < 4.78 is 18.9. The minimum absolute atomic E-state index is 0.132. The van der Waals surface area contributed by atoms with Gasteiger partial charge in [0, 0.05) is 12.1 Å². The third-order valence-electron chi connectivity index (χ3n) is 3.65. The van der Waals surface area contributed by atoms with Crippen LogP contribution in [0.1, 0.15) is 25.3 Å². The van der Waals surface area contributed by atoms with Crippen molar-refractivity contribution in [1.82, 2.24) is 5.32 Å². The molecule has 0 aromatic heterocycles. The van der Waals surface area contributed by atoms with E-state index in [4.69, 9.17) is 4.74 Å². The number of hydrogen-bond acceptors (Lipinski definition) is 2. The number of aryl methyl sites for hydroxylation is 1. The van der Waals surface area contributed by atoms with E-state index < -0.39 is 0 Å². The standard InChI is InChI=1S/C16H20FNO2/c1-3-12-5-6-13(17)9-15(12)20-10-11-7-14(8-11)18-16(19)4-2/h4-6,9,11,14H,2-3,7-8,10H2,1H3,(H,18,19). The van der Waals surface area contributed by atoms with Crippen molar-refractivity contribution in [1.29, 1.82) is 0 Å². The lowest BCUT2D eigenvalue weighted by molar-refractivity contribution is -0.118. The summed E-state index contributed by atoms with van der Waals surface area (Å²) >= 11 is 0. The van der Waals surface area contributed by atoms with Gasteiger partial charge in [0.05, 0.1) is 6.61 Å². The van der Waals surface area contributed by atoms with Crippen LogP contribution in [0.25, 0.3) is 0 Å². The second-order valence-corrected chi connectivity index (χ2v) is 5.16. The lowest BCUT2D eigenvalue weighted by Crippen LogP contribution is -2.45. The number of hydrogen-bond donors (Lipinski definition) is 1. The molecule has 0 unspecified atom stereocenters. The van der Waals surface area contributed by atoms with Crippen LogP contribution in [0.5, 0.6) is 5.75 Å². The van der Waals surface area contributed by atoms with E-state index in [-0.39, 0.29) is 17.8 Å². The Labute approximate surface area is 118 Å². The molecule has 1 aliphatic carbocycles. The Hall–Kier alpha value is -1.84. The fourth-order valence-corrected chi connectivity index (χ4v) is 2.41. The van der Waals surface area contributed by atoms with Crippen molar-refractivity contribution in [2.45, 2.75) is 32.2 Å². The van der Waals surface area contributed by atoms with Crippen molar-refractivity contribution in [3.63, 3.8) is 0 Å². The zero-order valence-electron chi connectivity index (χ0n) is 11.7. The van der Waals surface area contributed by atoms with Gasteiger partial charge in [0.15, 0.2) is 0 Å². The molecule has 0 spiro atoms. The maximum Gasteiger partial charge on any atom is 0.243 e. The third-order valence-corrected chi connectivity index (χ3v) is 3.65. The highest BCUT2D eigenvalue weighted by atomic mass is 19.1. The van der Waals surface area contributed by atoms with Crippen molar-refractivity contribution in [3.8, 4) is 5.75 Å². The number of nitrogens with one attached hydrogen (secondary N) is 1. The normalized spacial score (nSPS) is 20.9. The van der Waals surface area contributed by atoms with Crippen LogP contribution in [-0.2, 0) is 11.2 Å². The molecular formula is C16H20FNO2. The summed E-state index contributed by atoms with van der Waals surface area (Å²) in [6, 6.07) is 4.87. The number of halogens is 1. The van der Waals surface area contributed by atoms with Crippen LogP contribution < -0.4 is 10.1 Å². The molecule has 1 N–H and O–H groups in total. The summed E-state index contributed by atoms with van der Waals surface area (Å²) in [5.41, 5.74) is 1.02. The van der Waals surface area contributed by atoms with Gasteiger partial charge in [-0.15, -0.1) is 0 Å². The van der Waals surface area contributed by atoms with Gasteiger partial charge in [-0.1, -0.05) is 19.6 Å². The molecule has 1 aromatic carbocycles. The van der Waals surface area contributed by atoms with Crippen molar-refractivity contribution in [2.24, 2.45) is 5.92 Å². The number of benzene rings is 1. The summed E-state index contributed by atoms with van der Waals surface area (Å²) in [6.07, 6.45) is 3.90. The summed E-state index contributed by atoms with van der Waals surface area (Å²) in [5, 5.41) is 2.85. The highest BCUT2D eigenvalue weighted by Gasteiger charge is 2.30. The fourth-order valence-electron chi connectivity index (χ4n) is 2.41. The topological polar surface area (TPSA) is 38.3 Å². The van der Waals surface area contributed by atoms with Gasteiger partial charge in [0.2, 0.25) is 5.91 Å². The van der Waals surface area contributed by atoms with Crippen LogP contribution in [0.4, 0.5) is 4.39 Å². The Kier molecular flexibility index (Phi) is 4.77. The van der Waals surface area contributed by atoms with Gasteiger partial charge in [-0.2, -0.15) is 0 Å². The predicted octanol–water partition coefficient (Wildman–Crippen LogP) is 2.85. The molecule has 1 fully saturated rings. The molecule has 20 heavy (non-hydrogen) atoms. The van der Waals surface area contributed by atoms with Crippen molar-refractivity contribution >= 4 is 5.91 Å². The number of ether oxygens (including phenoxy) is 1.